The van der Waals surface area contributed by atoms with Gasteiger partial charge in [-0.2, -0.15) is 0 Å². The van der Waals surface area contributed by atoms with E-state index >= 15 is 0 Å². The number of carbonyl (C=O) groups excluding carboxylic acids is 2. The summed E-state index contributed by atoms with van der Waals surface area (Å²) in [6.45, 7) is 4.44. The number of ketones is 2. The average molecular weight is 464 g/mol. The van der Waals surface area contributed by atoms with E-state index < -0.39 is 11.6 Å². The molecule has 0 unspecified atom stereocenters. The molecule has 3 aromatic carbocycles. The van der Waals surface area contributed by atoms with Gasteiger partial charge in [-0.1, -0.05) is 50.2 Å². The first-order valence-electron chi connectivity index (χ1n) is 11.1. The van der Waals surface area contributed by atoms with E-state index in [0.29, 0.717) is 0 Å². The normalized spacial score (nSPS) is 17.1. The minimum atomic E-state index is -0.518. The van der Waals surface area contributed by atoms with E-state index in [-0.39, 0.29) is 27.9 Å². The highest BCUT2D eigenvalue weighted by atomic mass is 32.1. The van der Waals surface area contributed by atoms with Crippen LogP contribution in [0.5, 0.6) is 0 Å². The Kier molecular flexibility index (Phi) is 3.69. The second kappa shape index (κ2) is 6.39. The lowest BCUT2D eigenvalue weighted by atomic mass is 9.76. The van der Waals surface area contributed by atoms with Crippen LogP contribution in [0.25, 0.3) is 32.9 Å². The molecule has 0 radical (unpaired) electrons. The van der Waals surface area contributed by atoms with Crippen LogP contribution in [0, 0.1) is 5.82 Å². The summed E-state index contributed by atoms with van der Waals surface area (Å²) in [6.07, 6.45) is 1.68. The number of benzene rings is 3. The lowest BCUT2D eigenvalue weighted by Crippen LogP contribution is -2.24. The minimum Gasteiger partial charge on any atom is -0.300 e. The molecule has 0 saturated carbocycles. The van der Waals surface area contributed by atoms with Gasteiger partial charge in [-0.05, 0) is 47.5 Å². The number of fused-ring (bicyclic) bond motifs is 6. The highest BCUT2D eigenvalue weighted by molar-refractivity contribution is 7.15. The summed E-state index contributed by atoms with van der Waals surface area (Å²) in [5, 5.41) is 3.52. The molecule has 2 aromatic heterocycles. The molecule has 0 amide bonds. The zero-order valence-electron chi connectivity index (χ0n) is 18.5. The van der Waals surface area contributed by atoms with Crippen LogP contribution in [-0.4, -0.2) is 16.1 Å². The largest absolute Gasteiger partial charge is 0.300 e. The first kappa shape index (κ1) is 19.6. The molecule has 7 rings (SSSR count). The number of Topliss-reactive ketones (excluding diaryl/α,β-unsaturated/α-hetero) is 2. The number of halogens is 1. The van der Waals surface area contributed by atoms with Gasteiger partial charge in [-0.3, -0.25) is 9.59 Å². The number of allylic oxidation sites excluding steroid dienone is 1. The number of rotatable bonds is 1. The van der Waals surface area contributed by atoms with Crippen molar-refractivity contribution >= 4 is 50.8 Å². The summed E-state index contributed by atoms with van der Waals surface area (Å²) < 4.78 is 16.0. The first-order chi connectivity index (χ1) is 16.4. The average Bonchev–Trinajstić information content (AvgIpc) is 3.46. The Morgan fingerprint density at radius 2 is 1.62 bits per heavy atom. The molecular weight excluding hydrogens is 445 g/mol. The molecule has 0 N–H and O–H groups in total. The maximum Gasteiger partial charge on any atom is 0.197 e. The summed E-state index contributed by atoms with van der Waals surface area (Å²) in [7, 11) is 0. The van der Waals surface area contributed by atoms with Gasteiger partial charge in [0.15, 0.2) is 11.6 Å². The van der Waals surface area contributed by atoms with Crippen molar-refractivity contribution in [3.05, 3.63) is 105 Å². The standard InChI is InChI=1S/C29H18FNO2S/c1-29(2)22-8-5-7-18-17-6-3-4-9-24(17)31(25(18)22)28-23(29)14-16(34-28)13-21-26(32)19-11-10-15(30)12-20(19)27(21)33/h3-14H,1-2H3/b21-13-. The second-order valence-corrected chi connectivity index (χ2v) is 10.5. The Morgan fingerprint density at radius 3 is 2.47 bits per heavy atom. The maximum absolute atomic E-state index is 13.7. The monoisotopic (exact) mass is 463 g/mol. The molecule has 1 aliphatic carbocycles. The Morgan fingerprint density at radius 1 is 0.853 bits per heavy atom. The number of nitrogens with zero attached hydrogens (tertiary/aromatic N) is 1. The van der Waals surface area contributed by atoms with E-state index in [2.05, 4.69) is 60.9 Å². The minimum absolute atomic E-state index is 0.0945. The Labute approximate surface area is 198 Å². The van der Waals surface area contributed by atoms with Gasteiger partial charge in [0.25, 0.3) is 0 Å². The topological polar surface area (TPSA) is 39.1 Å². The molecule has 34 heavy (non-hydrogen) atoms. The smallest absolute Gasteiger partial charge is 0.197 e. The SMILES string of the molecule is CC1(C)c2cc(/C=C3/C(=O)c4ccc(F)cc4C3=O)sc2-n2c3ccccc3c3cccc1c32. The van der Waals surface area contributed by atoms with Crippen molar-refractivity contribution in [3.8, 4) is 5.00 Å². The van der Waals surface area contributed by atoms with Gasteiger partial charge >= 0.3 is 0 Å². The first-order valence-corrected chi connectivity index (χ1v) is 12.0. The van der Waals surface area contributed by atoms with Gasteiger partial charge < -0.3 is 4.57 Å². The summed E-state index contributed by atoms with van der Waals surface area (Å²) in [6, 6.07) is 20.7. The molecule has 0 fully saturated rings. The van der Waals surface area contributed by atoms with Crippen molar-refractivity contribution in [1.29, 1.82) is 0 Å². The van der Waals surface area contributed by atoms with E-state index in [1.54, 1.807) is 17.4 Å². The fourth-order valence-corrected chi connectivity index (χ4v) is 6.81. The molecular formula is C29H18FNO2S. The third kappa shape index (κ3) is 2.34. The molecule has 2 aliphatic rings. The molecule has 3 heterocycles. The zero-order valence-corrected chi connectivity index (χ0v) is 19.3. The zero-order chi connectivity index (χ0) is 23.4. The summed E-state index contributed by atoms with van der Waals surface area (Å²) >= 11 is 1.57. The van der Waals surface area contributed by atoms with Crippen molar-refractivity contribution in [2.24, 2.45) is 0 Å². The Bertz CT molecular complexity index is 1780. The molecule has 5 heteroatoms. The highest BCUT2D eigenvalue weighted by Crippen LogP contribution is 2.50. The van der Waals surface area contributed by atoms with Gasteiger partial charge in [0.05, 0.1) is 16.6 Å². The van der Waals surface area contributed by atoms with E-state index in [1.807, 2.05) is 6.07 Å². The maximum atomic E-state index is 13.7. The lowest BCUT2D eigenvalue weighted by molar-refractivity contribution is 0.0990. The Hall–Kier alpha value is -3.83. The number of para-hydroxylation sites is 2. The van der Waals surface area contributed by atoms with Crippen LogP contribution in [0.4, 0.5) is 4.39 Å². The predicted octanol–water partition coefficient (Wildman–Crippen LogP) is 7.09. The van der Waals surface area contributed by atoms with Crippen LogP contribution in [0.3, 0.4) is 0 Å². The third-order valence-electron chi connectivity index (χ3n) is 7.22. The van der Waals surface area contributed by atoms with Gasteiger partial charge in [-0.15, -0.1) is 11.3 Å². The van der Waals surface area contributed by atoms with Gasteiger partial charge in [0, 0.05) is 32.2 Å². The van der Waals surface area contributed by atoms with Crippen LogP contribution in [0.1, 0.15) is 50.6 Å². The van der Waals surface area contributed by atoms with E-state index in [1.165, 1.54) is 34.0 Å². The molecule has 164 valence electrons. The lowest BCUT2D eigenvalue weighted by Gasteiger charge is -2.32. The highest BCUT2D eigenvalue weighted by Gasteiger charge is 2.38. The molecule has 0 bridgehead atoms. The van der Waals surface area contributed by atoms with E-state index in [0.717, 1.165) is 27.0 Å². The molecule has 0 spiro atoms. The number of hydrogen-bond donors (Lipinski definition) is 0. The number of aromatic nitrogens is 1. The van der Waals surface area contributed by atoms with Crippen molar-refractivity contribution in [2.45, 2.75) is 19.3 Å². The predicted molar refractivity (Wildman–Crippen MR) is 134 cm³/mol. The number of thiophene rings is 1. The molecule has 5 aromatic rings. The van der Waals surface area contributed by atoms with Crippen molar-refractivity contribution in [2.75, 3.05) is 0 Å². The summed E-state index contributed by atoms with van der Waals surface area (Å²) in [5.74, 6) is -1.28. The van der Waals surface area contributed by atoms with Gasteiger partial charge in [0.1, 0.15) is 10.8 Å². The van der Waals surface area contributed by atoms with Crippen molar-refractivity contribution < 1.29 is 14.0 Å². The van der Waals surface area contributed by atoms with Crippen molar-refractivity contribution in [1.82, 2.24) is 4.57 Å². The molecule has 1 aliphatic heterocycles. The fraction of sp³-hybridized carbons (Fsp3) is 0.103. The van der Waals surface area contributed by atoms with E-state index in [4.69, 9.17) is 0 Å². The van der Waals surface area contributed by atoms with Crippen LogP contribution in [-0.2, 0) is 5.41 Å². The van der Waals surface area contributed by atoms with Crippen LogP contribution in [0.2, 0.25) is 0 Å². The number of carbonyl (C=O) groups is 2. The second-order valence-electron chi connectivity index (χ2n) is 9.45. The number of hydrogen-bond acceptors (Lipinski definition) is 3. The third-order valence-corrected chi connectivity index (χ3v) is 8.29. The quantitative estimate of drug-likeness (QED) is 0.197. The van der Waals surface area contributed by atoms with E-state index in [9.17, 15) is 14.0 Å². The fourth-order valence-electron chi connectivity index (χ4n) is 5.53. The Balaban J connectivity index is 1.47. The van der Waals surface area contributed by atoms with Crippen molar-refractivity contribution in [3.63, 3.8) is 0 Å². The van der Waals surface area contributed by atoms with Gasteiger partial charge in [-0.25, -0.2) is 4.39 Å². The van der Waals surface area contributed by atoms with Crippen LogP contribution in [0.15, 0.2) is 72.3 Å². The summed E-state index contributed by atoms with van der Waals surface area (Å²) in [5.41, 5.74) is 5.01. The van der Waals surface area contributed by atoms with Crippen LogP contribution < -0.4 is 0 Å². The molecule has 0 saturated heterocycles. The van der Waals surface area contributed by atoms with Gasteiger partial charge in [0.2, 0.25) is 0 Å². The molecule has 3 nitrogen and oxygen atoms in total. The molecule has 0 atom stereocenters. The van der Waals surface area contributed by atoms with Crippen LogP contribution >= 0.6 is 11.3 Å². The summed E-state index contributed by atoms with van der Waals surface area (Å²) in [4.78, 5) is 26.7.